The van der Waals surface area contributed by atoms with Gasteiger partial charge in [0.05, 0.1) is 11.2 Å². The van der Waals surface area contributed by atoms with E-state index in [9.17, 15) is 9.59 Å². The van der Waals surface area contributed by atoms with Crippen LogP contribution in [0.1, 0.15) is 104 Å². The molecule has 1 aliphatic heterocycles. The van der Waals surface area contributed by atoms with E-state index < -0.39 is 18.3 Å². The van der Waals surface area contributed by atoms with Crippen LogP contribution in [0.4, 0.5) is 0 Å². The quantitative estimate of drug-likeness (QED) is 0.565. The second-order valence-corrected chi connectivity index (χ2v) is 11.2. The van der Waals surface area contributed by atoms with Crippen LogP contribution in [0.25, 0.3) is 0 Å². The third-order valence-corrected chi connectivity index (χ3v) is 6.75. The van der Waals surface area contributed by atoms with Gasteiger partial charge in [0.1, 0.15) is 0 Å². The van der Waals surface area contributed by atoms with Crippen LogP contribution in [0.3, 0.4) is 0 Å². The molecule has 0 saturated carbocycles. The molecule has 0 bridgehead atoms. The van der Waals surface area contributed by atoms with E-state index in [2.05, 4.69) is 0 Å². The van der Waals surface area contributed by atoms with Crippen LogP contribution in [-0.4, -0.2) is 64.1 Å². The third kappa shape index (κ3) is 5.30. The van der Waals surface area contributed by atoms with Crippen molar-refractivity contribution < 1.29 is 18.9 Å². The number of hydrogen-bond donors (Lipinski definition) is 0. The molecule has 2 amide bonds. The molecule has 6 nitrogen and oxygen atoms in total. The number of carbonyl (C=O) groups is 2. The lowest BCUT2D eigenvalue weighted by Crippen LogP contribution is -2.50. The lowest BCUT2D eigenvalue weighted by atomic mass is 9.72. The highest BCUT2D eigenvalue weighted by molar-refractivity contribution is 6.65. The highest BCUT2D eigenvalue weighted by Crippen LogP contribution is 2.37. The smallest absolute Gasteiger partial charge is 0.399 e. The number of benzene rings is 1. The first kappa shape index (κ1) is 27.4. The molecule has 0 atom stereocenters. The minimum atomic E-state index is -0.823. The van der Waals surface area contributed by atoms with Crippen LogP contribution in [0.2, 0.25) is 0 Å². The standard InChI is InChI=1S/C26H43BN2O4/c1-16(2)28(17(3)4)23(30)20-14-13-15-21(24(31)29(18(5)6)19(7)8)22(20)27-32-25(9,10)26(11,12)33-27/h13-19H,1-12H3. The second-order valence-electron chi connectivity index (χ2n) is 11.2. The van der Waals surface area contributed by atoms with Crippen molar-refractivity contribution in [2.45, 2.75) is 118 Å². The molecule has 1 aliphatic rings. The number of nitrogens with zero attached hydrogens (tertiary/aromatic N) is 2. The van der Waals surface area contributed by atoms with Gasteiger partial charge >= 0.3 is 7.12 Å². The molecule has 2 rings (SSSR count). The van der Waals surface area contributed by atoms with Gasteiger partial charge in [0.2, 0.25) is 0 Å². The summed E-state index contributed by atoms with van der Waals surface area (Å²) < 4.78 is 12.7. The summed E-state index contributed by atoms with van der Waals surface area (Å²) in [5, 5.41) is 0. The highest BCUT2D eigenvalue weighted by Gasteiger charge is 2.53. The molecule has 0 aliphatic carbocycles. The molecule has 0 N–H and O–H groups in total. The van der Waals surface area contributed by atoms with E-state index >= 15 is 0 Å². The maximum absolute atomic E-state index is 13.8. The molecule has 0 aromatic heterocycles. The van der Waals surface area contributed by atoms with Crippen LogP contribution < -0.4 is 5.46 Å². The fourth-order valence-electron chi connectivity index (χ4n) is 4.56. The Balaban J connectivity index is 2.76. The van der Waals surface area contributed by atoms with Crippen molar-refractivity contribution in [1.29, 1.82) is 0 Å². The maximum atomic E-state index is 13.8. The summed E-state index contributed by atoms with van der Waals surface area (Å²) in [5.41, 5.74) is 0.228. The zero-order valence-electron chi connectivity index (χ0n) is 22.6. The van der Waals surface area contributed by atoms with Gasteiger partial charge in [-0.1, -0.05) is 6.07 Å². The Morgan fingerprint density at radius 2 is 1.00 bits per heavy atom. The van der Waals surface area contributed by atoms with Gasteiger partial charge in [-0.25, -0.2) is 0 Å². The molecule has 0 spiro atoms. The zero-order chi connectivity index (χ0) is 25.5. The molecule has 1 aromatic carbocycles. The molecular formula is C26H43BN2O4. The molecule has 1 aromatic rings. The molecule has 1 fully saturated rings. The van der Waals surface area contributed by atoms with E-state index in [0.29, 0.717) is 16.6 Å². The fourth-order valence-corrected chi connectivity index (χ4v) is 4.56. The lowest BCUT2D eigenvalue weighted by molar-refractivity contribution is 0.00578. The van der Waals surface area contributed by atoms with E-state index in [1.165, 1.54) is 0 Å². The van der Waals surface area contributed by atoms with Crippen molar-refractivity contribution in [2.75, 3.05) is 0 Å². The first-order valence-corrected chi connectivity index (χ1v) is 12.2. The molecule has 0 radical (unpaired) electrons. The summed E-state index contributed by atoms with van der Waals surface area (Å²) >= 11 is 0. The predicted octanol–water partition coefficient (Wildman–Crippen LogP) is 4.50. The van der Waals surface area contributed by atoms with E-state index in [4.69, 9.17) is 9.31 Å². The van der Waals surface area contributed by atoms with Crippen LogP contribution in [0, 0.1) is 0 Å². The van der Waals surface area contributed by atoms with Crippen molar-refractivity contribution in [3.63, 3.8) is 0 Å². The summed E-state index contributed by atoms with van der Waals surface area (Å²) in [6.07, 6.45) is 0. The summed E-state index contributed by atoms with van der Waals surface area (Å²) in [5.74, 6) is -0.250. The Morgan fingerprint density at radius 3 is 1.27 bits per heavy atom. The van der Waals surface area contributed by atoms with E-state index in [0.717, 1.165) is 0 Å². The predicted molar refractivity (Wildman–Crippen MR) is 135 cm³/mol. The molecule has 0 unspecified atom stereocenters. The van der Waals surface area contributed by atoms with Crippen molar-refractivity contribution >= 4 is 24.4 Å². The summed E-state index contributed by atoms with van der Waals surface area (Å²) in [4.78, 5) is 31.3. The van der Waals surface area contributed by atoms with Crippen molar-refractivity contribution in [3.8, 4) is 0 Å². The number of rotatable bonds is 7. The molecule has 33 heavy (non-hydrogen) atoms. The highest BCUT2D eigenvalue weighted by atomic mass is 16.7. The van der Waals surface area contributed by atoms with Gasteiger partial charge in [-0.15, -0.1) is 0 Å². The molecule has 1 saturated heterocycles. The van der Waals surface area contributed by atoms with Crippen molar-refractivity contribution in [3.05, 3.63) is 29.3 Å². The third-order valence-electron chi connectivity index (χ3n) is 6.75. The van der Waals surface area contributed by atoms with Crippen LogP contribution in [-0.2, 0) is 9.31 Å². The van der Waals surface area contributed by atoms with Gasteiger partial charge in [0.15, 0.2) is 0 Å². The number of amides is 2. The fraction of sp³-hybridized carbons (Fsp3) is 0.692. The first-order chi connectivity index (χ1) is 15.0. The average Bonchev–Trinajstić information content (AvgIpc) is 2.86. The normalized spacial score (nSPS) is 17.4. The summed E-state index contributed by atoms with van der Waals surface area (Å²) in [6, 6.07) is 5.37. The molecule has 184 valence electrons. The first-order valence-electron chi connectivity index (χ1n) is 12.2. The van der Waals surface area contributed by atoms with Crippen molar-refractivity contribution in [2.24, 2.45) is 0 Å². The Bertz CT molecular complexity index is 795. The Morgan fingerprint density at radius 1 is 0.697 bits per heavy atom. The van der Waals surface area contributed by atoms with E-state index in [-0.39, 0.29) is 36.0 Å². The number of hydrogen-bond acceptors (Lipinski definition) is 4. The van der Waals surface area contributed by atoms with Gasteiger partial charge < -0.3 is 19.1 Å². The molecule has 1 heterocycles. The minimum absolute atomic E-state index is 0.00540. The van der Waals surface area contributed by atoms with E-state index in [1.807, 2.05) is 92.9 Å². The monoisotopic (exact) mass is 458 g/mol. The van der Waals surface area contributed by atoms with Crippen molar-refractivity contribution in [1.82, 2.24) is 9.80 Å². The second kappa shape index (κ2) is 9.79. The summed E-state index contributed by atoms with van der Waals surface area (Å²) in [6.45, 7) is 23.9. The molecular weight excluding hydrogens is 415 g/mol. The lowest BCUT2D eigenvalue weighted by Gasteiger charge is -2.34. The maximum Gasteiger partial charge on any atom is 0.496 e. The average molecular weight is 458 g/mol. The topological polar surface area (TPSA) is 59.1 Å². The minimum Gasteiger partial charge on any atom is -0.399 e. The van der Waals surface area contributed by atoms with Crippen LogP contribution >= 0.6 is 0 Å². The van der Waals surface area contributed by atoms with Crippen LogP contribution in [0.5, 0.6) is 0 Å². The molecule has 7 heteroatoms. The Labute approximate surface area is 201 Å². The van der Waals surface area contributed by atoms with Crippen LogP contribution in [0.15, 0.2) is 18.2 Å². The summed E-state index contributed by atoms with van der Waals surface area (Å²) in [7, 11) is -0.823. The Kier molecular flexibility index (Phi) is 8.12. The number of carbonyl (C=O) groups excluding carboxylic acids is 2. The Hall–Kier alpha value is -1.86. The van der Waals surface area contributed by atoms with Gasteiger partial charge in [-0.3, -0.25) is 9.59 Å². The van der Waals surface area contributed by atoms with E-state index in [1.54, 1.807) is 18.2 Å². The van der Waals surface area contributed by atoms with Gasteiger partial charge in [-0.2, -0.15) is 0 Å². The SMILES string of the molecule is CC(C)N(C(=O)c1cccc(C(=O)N(C(C)C)C(C)C)c1B1OC(C)(C)C(C)(C)O1)C(C)C. The largest absolute Gasteiger partial charge is 0.496 e. The van der Waals surface area contributed by atoms with Gasteiger partial charge in [0.25, 0.3) is 11.8 Å². The zero-order valence-corrected chi connectivity index (χ0v) is 22.6. The van der Waals surface area contributed by atoms with Gasteiger partial charge in [-0.05, 0) is 95.2 Å². The van der Waals surface area contributed by atoms with Gasteiger partial charge in [0, 0.05) is 40.8 Å².